The average Bonchev–Trinajstić information content (AvgIpc) is 3.07. The molecule has 0 N–H and O–H groups in total. The van der Waals surface area contributed by atoms with Crippen molar-refractivity contribution in [3.63, 3.8) is 0 Å². The summed E-state index contributed by atoms with van der Waals surface area (Å²) in [5.74, 6) is -0.112. The third kappa shape index (κ3) is 2.07. The van der Waals surface area contributed by atoms with E-state index in [-0.39, 0.29) is 5.82 Å². The van der Waals surface area contributed by atoms with Crippen molar-refractivity contribution in [2.45, 2.75) is 19.9 Å². The van der Waals surface area contributed by atoms with Crippen LogP contribution in [0.25, 0.3) is 16.6 Å². The third-order valence-electron chi connectivity index (χ3n) is 4.80. The van der Waals surface area contributed by atoms with Crippen molar-refractivity contribution in [3.8, 4) is 0 Å². The average molecular weight is 306 g/mol. The van der Waals surface area contributed by atoms with E-state index >= 15 is 0 Å². The smallest absolute Gasteiger partial charge is 0.126 e. The number of aromatic nitrogens is 1. The summed E-state index contributed by atoms with van der Waals surface area (Å²) < 4.78 is 16.2. The first-order chi connectivity index (χ1) is 11.1. The molecule has 4 rings (SSSR count). The van der Waals surface area contributed by atoms with Crippen LogP contribution in [0.15, 0.2) is 49.2 Å². The minimum absolute atomic E-state index is 0.112. The standard InChI is InChI=1S/C20H19FN2/c1-4-14-10-18-13(2)23(12-16(18)11-19(14)21)17-5-6-20-15(9-17)7-8-22(20)3/h5-11H,2,4,12H2,1,3H3. The normalized spacial score (nSPS) is 13.9. The number of halogens is 1. The molecule has 1 aromatic heterocycles. The number of anilines is 1. The first-order valence-electron chi connectivity index (χ1n) is 7.91. The van der Waals surface area contributed by atoms with Crippen LogP contribution in [0.1, 0.15) is 23.6 Å². The second-order valence-electron chi connectivity index (χ2n) is 6.16. The first-order valence-corrected chi connectivity index (χ1v) is 7.91. The van der Waals surface area contributed by atoms with E-state index in [1.54, 1.807) is 6.07 Å². The number of aryl methyl sites for hydroxylation is 2. The molecule has 1 aliphatic heterocycles. The van der Waals surface area contributed by atoms with Gasteiger partial charge in [0.1, 0.15) is 5.82 Å². The number of benzene rings is 2. The van der Waals surface area contributed by atoms with Gasteiger partial charge in [-0.3, -0.25) is 0 Å². The molecule has 0 saturated heterocycles. The molecule has 3 heteroatoms. The van der Waals surface area contributed by atoms with Gasteiger partial charge in [0.2, 0.25) is 0 Å². The lowest BCUT2D eigenvalue weighted by molar-refractivity contribution is 0.610. The molecule has 116 valence electrons. The molecule has 2 nitrogen and oxygen atoms in total. The molecule has 0 amide bonds. The highest BCUT2D eigenvalue weighted by atomic mass is 19.1. The van der Waals surface area contributed by atoms with Gasteiger partial charge in [-0.25, -0.2) is 4.39 Å². The van der Waals surface area contributed by atoms with Gasteiger partial charge in [0, 0.05) is 47.6 Å². The van der Waals surface area contributed by atoms with E-state index in [0.717, 1.165) is 28.1 Å². The Labute approximate surface area is 135 Å². The highest BCUT2D eigenvalue weighted by Crippen LogP contribution is 2.38. The van der Waals surface area contributed by atoms with Gasteiger partial charge in [0.05, 0.1) is 0 Å². The molecule has 0 spiro atoms. The largest absolute Gasteiger partial charge is 0.351 e. The zero-order valence-electron chi connectivity index (χ0n) is 13.4. The van der Waals surface area contributed by atoms with Crippen LogP contribution in [0.2, 0.25) is 0 Å². The Morgan fingerprint density at radius 2 is 2.00 bits per heavy atom. The fraction of sp³-hybridized carbons (Fsp3) is 0.200. The molecule has 23 heavy (non-hydrogen) atoms. The van der Waals surface area contributed by atoms with E-state index in [0.29, 0.717) is 13.0 Å². The van der Waals surface area contributed by atoms with E-state index in [2.05, 4.69) is 46.5 Å². The number of nitrogens with zero attached hydrogens (tertiary/aromatic N) is 2. The maximum Gasteiger partial charge on any atom is 0.126 e. The molecular weight excluding hydrogens is 287 g/mol. The molecule has 0 fully saturated rings. The Hall–Kier alpha value is -2.55. The Bertz CT molecular complexity index is 936. The van der Waals surface area contributed by atoms with Gasteiger partial charge in [-0.05, 0) is 53.9 Å². The highest BCUT2D eigenvalue weighted by Gasteiger charge is 2.25. The molecule has 1 aliphatic rings. The monoisotopic (exact) mass is 306 g/mol. The number of rotatable bonds is 2. The summed E-state index contributed by atoms with van der Waals surface area (Å²) in [6.45, 7) is 6.89. The molecule has 2 aromatic carbocycles. The molecule has 0 saturated carbocycles. The SMILES string of the molecule is C=C1c2cc(CC)c(F)cc2CN1c1ccc2c(ccn2C)c1. The zero-order valence-corrected chi connectivity index (χ0v) is 13.4. The molecule has 0 aliphatic carbocycles. The summed E-state index contributed by atoms with van der Waals surface area (Å²) in [6.07, 6.45) is 2.76. The lowest BCUT2D eigenvalue weighted by Crippen LogP contribution is -2.12. The van der Waals surface area contributed by atoms with Gasteiger partial charge in [0.15, 0.2) is 0 Å². The summed E-state index contributed by atoms with van der Waals surface area (Å²) in [5.41, 5.74) is 6.09. The maximum absolute atomic E-state index is 14.1. The van der Waals surface area contributed by atoms with Crippen molar-refractivity contribution >= 4 is 22.3 Å². The van der Waals surface area contributed by atoms with Crippen LogP contribution < -0.4 is 4.90 Å². The minimum atomic E-state index is -0.112. The lowest BCUT2D eigenvalue weighted by Gasteiger charge is -2.19. The van der Waals surface area contributed by atoms with Crippen LogP contribution in [0, 0.1) is 5.82 Å². The summed E-state index contributed by atoms with van der Waals surface area (Å²) >= 11 is 0. The van der Waals surface area contributed by atoms with Crippen LogP contribution in [-0.4, -0.2) is 4.57 Å². The van der Waals surface area contributed by atoms with Gasteiger partial charge in [-0.15, -0.1) is 0 Å². The summed E-state index contributed by atoms with van der Waals surface area (Å²) in [6, 6.07) is 12.1. The van der Waals surface area contributed by atoms with E-state index in [9.17, 15) is 4.39 Å². The molecule has 0 radical (unpaired) electrons. The van der Waals surface area contributed by atoms with Gasteiger partial charge in [-0.2, -0.15) is 0 Å². The number of hydrogen-bond donors (Lipinski definition) is 0. The van der Waals surface area contributed by atoms with Crippen molar-refractivity contribution in [2.24, 2.45) is 7.05 Å². The third-order valence-corrected chi connectivity index (χ3v) is 4.80. The van der Waals surface area contributed by atoms with Crippen LogP contribution in [0.3, 0.4) is 0 Å². The molecule has 0 atom stereocenters. The number of fused-ring (bicyclic) bond motifs is 2. The van der Waals surface area contributed by atoms with E-state index < -0.39 is 0 Å². The highest BCUT2D eigenvalue weighted by molar-refractivity contribution is 5.89. The molecule has 3 aromatic rings. The topological polar surface area (TPSA) is 8.17 Å². The molecular formula is C20H19FN2. The van der Waals surface area contributed by atoms with Crippen LogP contribution in [0.4, 0.5) is 10.1 Å². The Kier molecular flexibility index (Phi) is 3.05. The second-order valence-corrected chi connectivity index (χ2v) is 6.16. The van der Waals surface area contributed by atoms with E-state index in [1.807, 2.05) is 20.0 Å². The van der Waals surface area contributed by atoms with Crippen molar-refractivity contribution in [3.05, 3.63) is 71.7 Å². The van der Waals surface area contributed by atoms with Gasteiger partial charge < -0.3 is 9.47 Å². The Morgan fingerprint density at radius 3 is 2.78 bits per heavy atom. The molecule has 0 bridgehead atoms. The Morgan fingerprint density at radius 1 is 1.17 bits per heavy atom. The van der Waals surface area contributed by atoms with Crippen molar-refractivity contribution in [1.82, 2.24) is 4.57 Å². The van der Waals surface area contributed by atoms with E-state index in [1.165, 1.54) is 10.9 Å². The van der Waals surface area contributed by atoms with Crippen molar-refractivity contribution in [2.75, 3.05) is 4.90 Å². The number of hydrogen-bond acceptors (Lipinski definition) is 1. The Balaban J connectivity index is 1.76. The van der Waals surface area contributed by atoms with Crippen molar-refractivity contribution < 1.29 is 4.39 Å². The van der Waals surface area contributed by atoms with Crippen LogP contribution in [-0.2, 0) is 20.0 Å². The van der Waals surface area contributed by atoms with Gasteiger partial charge >= 0.3 is 0 Å². The first kappa shape index (κ1) is 14.1. The van der Waals surface area contributed by atoms with Crippen LogP contribution in [0.5, 0.6) is 0 Å². The zero-order chi connectivity index (χ0) is 16.1. The fourth-order valence-electron chi connectivity index (χ4n) is 3.42. The molecule has 2 heterocycles. The summed E-state index contributed by atoms with van der Waals surface area (Å²) in [4.78, 5) is 2.16. The predicted molar refractivity (Wildman–Crippen MR) is 93.9 cm³/mol. The summed E-state index contributed by atoms with van der Waals surface area (Å²) in [7, 11) is 2.04. The fourth-order valence-corrected chi connectivity index (χ4v) is 3.42. The van der Waals surface area contributed by atoms with Gasteiger partial charge in [-0.1, -0.05) is 13.5 Å². The quantitative estimate of drug-likeness (QED) is 0.655. The molecule has 0 unspecified atom stereocenters. The maximum atomic E-state index is 14.1. The van der Waals surface area contributed by atoms with Gasteiger partial charge in [0.25, 0.3) is 0 Å². The predicted octanol–water partition coefficient (Wildman–Crippen LogP) is 4.87. The summed E-state index contributed by atoms with van der Waals surface area (Å²) in [5, 5.41) is 1.20. The lowest BCUT2D eigenvalue weighted by atomic mass is 10.0. The second kappa shape index (κ2) is 4.98. The minimum Gasteiger partial charge on any atom is -0.351 e. The van der Waals surface area contributed by atoms with E-state index in [4.69, 9.17) is 0 Å². The van der Waals surface area contributed by atoms with Crippen molar-refractivity contribution in [1.29, 1.82) is 0 Å². The van der Waals surface area contributed by atoms with Crippen LogP contribution >= 0.6 is 0 Å².